The fourth-order valence-corrected chi connectivity index (χ4v) is 3.44. The van der Waals surface area contributed by atoms with Crippen LogP contribution in [0.2, 0.25) is 0 Å². The van der Waals surface area contributed by atoms with Gasteiger partial charge in [-0.1, -0.05) is 26.0 Å². The van der Waals surface area contributed by atoms with Gasteiger partial charge in [-0.15, -0.1) is 0 Å². The summed E-state index contributed by atoms with van der Waals surface area (Å²) in [5.41, 5.74) is 2.23. The summed E-state index contributed by atoms with van der Waals surface area (Å²) in [5, 5.41) is 2.73. The third-order valence-electron chi connectivity index (χ3n) is 4.10. The van der Waals surface area contributed by atoms with E-state index in [2.05, 4.69) is 10.1 Å². The van der Waals surface area contributed by atoms with Crippen molar-refractivity contribution in [2.75, 3.05) is 29.5 Å². The predicted molar refractivity (Wildman–Crippen MR) is 109 cm³/mol. The number of esters is 1. The molecule has 8 heteroatoms. The van der Waals surface area contributed by atoms with Crippen molar-refractivity contribution in [2.45, 2.75) is 19.8 Å². The molecule has 2 aromatic carbocycles. The molecule has 7 nitrogen and oxygen atoms in total. The fraction of sp³-hybridized carbons (Fsp3) is 0.300. The number of benzene rings is 2. The van der Waals surface area contributed by atoms with Crippen LogP contribution in [0.3, 0.4) is 0 Å². The number of amides is 1. The molecular weight excluding hydrogens is 380 g/mol. The molecule has 0 aliphatic carbocycles. The number of ether oxygens (including phenoxy) is 1. The van der Waals surface area contributed by atoms with Gasteiger partial charge in [0.05, 0.1) is 24.6 Å². The van der Waals surface area contributed by atoms with E-state index in [9.17, 15) is 18.0 Å². The largest absolute Gasteiger partial charge is 0.465 e. The molecular formula is C20H24N2O5S. The minimum absolute atomic E-state index is 0.279. The second-order valence-corrected chi connectivity index (χ2v) is 8.54. The first kappa shape index (κ1) is 21.4. The normalized spacial score (nSPS) is 11.2. The lowest BCUT2D eigenvalue weighted by atomic mass is 10.0. The molecule has 0 radical (unpaired) electrons. The zero-order valence-corrected chi connectivity index (χ0v) is 17.1. The van der Waals surface area contributed by atoms with Crippen LogP contribution in [0.5, 0.6) is 0 Å². The molecule has 1 amide bonds. The van der Waals surface area contributed by atoms with Crippen LogP contribution in [0.4, 0.5) is 11.4 Å². The number of sulfonamides is 1. The summed E-state index contributed by atoms with van der Waals surface area (Å²) < 4.78 is 30.0. The monoisotopic (exact) mass is 404 g/mol. The third-order valence-corrected chi connectivity index (χ3v) is 5.24. The van der Waals surface area contributed by atoms with Gasteiger partial charge in [-0.25, -0.2) is 13.2 Å². The van der Waals surface area contributed by atoms with Crippen molar-refractivity contribution < 1.29 is 22.7 Å². The summed E-state index contributed by atoms with van der Waals surface area (Å²) >= 11 is 0. The lowest BCUT2D eigenvalue weighted by molar-refractivity contribution is -0.114. The van der Waals surface area contributed by atoms with Gasteiger partial charge in [0, 0.05) is 5.69 Å². The van der Waals surface area contributed by atoms with E-state index in [1.54, 1.807) is 6.07 Å². The molecule has 0 unspecified atom stereocenters. The van der Waals surface area contributed by atoms with Crippen LogP contribution in [-0.2, 0) is 19.6 Å². The highest BCUT2D eigenvalue weighted by Crippen LogP contribution is 2.21. The van der Waals surface area contributed by atoms with Crippen molar-refractivity contribution in [1.82, 2.24) is 0 Å². The lowest BCUT2D eigenvalue weighted by Gasteiger charge is -2.22. The number of carbonyl (C=O) groups excluding carboxylic acids is 2. The van der Waals surface area contributed by atoms with Gasteiger partial charge >= 0.3 is 5.97 Å². The molecule has 1 N–H and O–H groups in total. The van der Waals surface area contributed by atoms with Gasteiger partial charge in [0.1, 0.15) is 6.54 Å². The van der Waals surface area contributed by atoms with Crippen LogP contribution >= 0.6 is 0 Å². The number of nitrogens with one attached hydrogen (secondary N) is 1. The highest BCUT2D eigenvalue weighted by Gasteiger charge is 2.21. The number of nitrogens with zero attached hydrogens (tertiary/aromatic N) is 1. The quantitative estimate of drug-likeness (QED) is 0.716. The maximum atomic E-state index is 12.5. The van der Waals surface area contributed by atoms with Crippen LogP contribution in [0.1, 0.15) is 35.7 Å². The van der Waals surface area contributed by atoms with Crippen LogP contribution in [-0.4, -0.2) is 40.2 Å². The van der Waals surface area contributed by atoms with E-state index in [1.165, 1.54) is 31.4 Å². The Kier molecular flexibility index (Phi) is 6.80. The molecule has 0 atom stereocenters. The average molecular weight is 404 g/mol. The molecule has 0 heterocycles. The van der Waals surface area contributed by atoms with Gasteiger partial charge < -0.3 is 10.1 Å². The third kappa shape index (κ3) is 5.56. The summed E-state index contributed by atoms with van der Waals surface area (Å²) in [6, 6.07) is 13.2. The molecule has 0 bridgehead atoms. The second-order valence-electron chi connectivity index (χ2n) is 6.64. The summed E-state index contributed by atoms with van der Waals surface area (Å²) in [6.07, 6.45) is 1.02. The number of hydrogen-bond donors (Lipinski definition) is 1. The Morgan fingerprint density at radius 1 is 1.11 bits per heavy atom. The summed E-state index contributed by atoms with van der Waals surface area (Å²) in [6.45, 7) is 3.71. The number of anilines is 2. The molecule has 2 aromatic rings. The van der Waals surface area contributed by atoms with Crippen molar-refractivity contribution in [2.24, 2.45) is 0 Å². The van der Waals surface area contributed by atoms with E-state index in [4.69, 9.17) is 0 Å². The van der Waals surface area contributed by atoms with Gasteiger partial charge in [0.2, 0.25) is 15.9 Å². The van der Waals surface area contributed by atoms with Crippen molar-refractivity contribution >= 4 is 33.3 Å². The van der Waals surface area contributed by atoms with E-state index in [0.717, 1.165) is 16.1 Å². The van der Waals surface area contributed by atoms with Crippen molar-refractivity contribution in [3.05, 3.63) is 59.7 Å². The summed E-state index contributed by atoms with van der Waals surface area (Å²) in [4.78, 5) is 24.0. The Balaban J connectivity index is 2.19. The molecule has 0 aliphatic rings. The van der Waals surface area contributed by atoms with E-state index in [1.807, 2.05) is 32.0 Å². The van der Waals surface area contributed by atoms with Crippen LogP contribution < -0.4 is 9.62 Å². The molecule has 0 aromatic heterocycles. The van der Waals surface area contributed by atoms with Crippen molar-refractivity contribution in [3.8, 4) is 0 Å². The Labute approximate surface area is 165 Å². The standard InChI is InChI=1S/C20H24N2O5S/c1-14(2)16-6-5-7-17(12-16)21-19(23)13-22(28(4,25)26)18-10-8-15(9-11-18)20(24)27-3/h5-12,14H,13H2,1-4H3,(H,21,23). The Bertz CT molecular complexity index is 953. The van der Waals surface area contributed by atoms with Gasteiger partial charge in [-0.3, -0.25) is 9.10 Å². The Morgan fingerprint density at radius 2 is 1.75 bits per heavy atom. The number of methoxy groups -OCH3 is 1. The Morgan fingerprint density at radius 3 is 2.29 bits per heavy atom. The molecule has 0 fully saturated rings. The fourth-order valence-electron chi connectivity index (χ4n) is 2.59. The van der Waals surface area contributed by atoms with Crippen molar-refractivity contribution in [3.63, 3.8) is 0 Å². The molecule has 0 saturated heterocycles. The molecule has 2 rings (SSSR count). The smallest absolute Gasteiger partial charge is 0.337 e. The highest BCUT2D eigenvalue weighted by molar-refractivity contribution is 7.92. The van der Waals surface area contributed by atoms with Gasteiger partial charge in [-0.2, -0.15) is 0 Å². The molecule has 0 saturated carbocycles. The second kappa shape index (κ2) is 8.88. The van der Waals surface area contributed by atoms with E-state index in [0.29, 0.717) is 11.6 Å². The van der Waals surface area contributed by atoms with E-state index >= 15 is 0 Å². The van der Waals surface area contributed by atoms with E-state index < -0.39 is 21.9 Å². The van der Waals surface area contributed by atoms with Gasteiger partial charge in [-0.05, 0) is 47.9 Å². The van der Waals surface area contributed by atoms with Gasteiger partial charge in [0.25, 0.3) is 0 Å². The number of carbonyl (C=O) groups is 2. The minimum atomic E-state index is -3.71. The molecule has 28 heavy (non-hydrogen) atoms. The molecule has 0 aliphatic heterocycles. The van der Waals surface area contributed by atoms with Crippen molar-refractivity contribution in [1.29, 1.82) is 0 Å². The Hall–Kier alpha value is -2.87. The van der Waals surface area contributed by atoms with E-state index in [-0.39, 0.29) is 17.8 Å². The van der Waals surface area contributed by atoms with Crippen LogP contribution in [0, 0.1) is 0 Å². The highest BCUT2D eigenvalue weighted by atomic mass is 32.2. The van der Waals surface area contributed by atoms with Crippen LogP contribution in [0.25, 0.3) is 0 Å². The average Bonchev–Trinajstić information content (AvgIpc) is 2.65. The number of hydrogen-bond acceptors (Lipinski definition) is 5. The zero-order chi connectivity index (χ0) is 20.9. The SMILES string of the molecule is COC(=O)c1ccc(N(CC(=O)Nc2cccc(C(C)C)c2)S(C)(=O)=O)cc1. The summed E-state index contributed by atoms with van der Waals surface area (Å²) in [7, 11) is -2.45. The first-order valence-corrected chi connectivity index (χ1v) is 10.5. The summed E-state index contributed by atoms with van der Waals surface area (Å²) in [5.74, 6) is -0.693. The predicted octanol–water partition coefficient (Wildman–Crippen LogP) is 3.00. The minimum Gasteiger partial charge on any atom is -0.465 e. The zero-order valence-electron chi connectivity index (χ0n) is 16.3. The molecule has 150 valence electrons. The maximum absolute atomic E-state index is 12.5. The number of rotatable bonds is 7. The lowest BCUT2D eigenvalue weighted by Crippen LogP contribution is -2.37. The topological polar surface area (TPSA) is 92.8 Å². The van der Waals surface area contributed by atoms with Gasteiger partial charge in [0.15, 0.2) is 0 Å². The molecule has 0 spiro atoms. The van der Waals surface area contributed by atoms with Crippen LogP contribution in [0.15, 0.2) is 48.5 Å². The maximum Gasteiger partial charge on any atom is 0.337 e. The first-order valence-electron chi connectivity index (χ1n) is 8.67. The first-order chi connectivity index (χ1) is 13.1.